The predicted molar refractivity (Wildman–Crippen MR) is 278 cm³/mol. The van der Waals surface area contributed by atoms with Crippen molar-refractivity contribution in [1.29, 1.82) is 0 Å². The fraction of sp³-hybridized carbons (Fsp3) is 0.109. The van der Waals surface area contributed by atoms with Crippen LogP contribution >= 0.6 is 0 Å². The topological polar surface area (TPSA) is 51.8 Å². The Bertz CT molecular complexity index is 3450. The zero-order valence-electron chi connectivity index (χ0n) is 38.8. The number of rotatable bonds is 12. The zero-order chi connectivity index (χ0) is 46.0. The number of furan rings is 1. The van der Waals surface area contributed by atoms with E-state index in [1.165, 1.54) is 33.4 Å². The molecule has 0 fully saturated rings. The SMILES string of the molecule is Cc1ccc(-c2[c-]cc(CCc3cc(CCc4c[c-]c(-c5ccc(C)cn5)cc4)cc(-c4ccccc4-c4c[c-]c(-c5ccc(C)cn5)cc4-c4ccc5c(c4)oc4ccccc45)c3)cc2)nc1.[Ir+3]. The van der Waals surface area contributed by atoms with Gasteiger partial charge in [0.15, 0.2) is 0 Å². The molecule has 0 aliphatic rings. The largest absolute Gasteiger partial charge is 3.00 e. The van der Waals surface area contributed by atoms with E-state index < -0.39 is 0 Å². The van der Waals surface area contributed by atoms with E-state index in [2.05, 4.69) is 207 Å². The zero-order valence-corrected chi connectivity index (χ0v) is 41.2. The van der Waals surface area contributed by atoms with Gasteiger partial charge in [-0.3, -0.25) is 0 Å². The summed E-state index contributed by atoms with van der Waals surface area (Å²) in [6, 6.07) is 71.4. The van der Waals surface area contributed by atoms with Crippen molar-refractivity contribution in [3.8, 4) is 67.2 Å². The second kappa shape index (κ2) is 20.0. The van der Waals surface area contributed by atoms with Crippen molar-refractivity contribution < 1.29 is 24.5 Å². The molecule has 7 aromatic carbocycles. The van der Waals surface area contributed by atoms with Crippen LogP contribution in [0.5, 0.6) is 0 Å². The molecule has 0 saturated carbocycles. The van der Waals surface area contributed by atoms with Gasteiger partial charge in [0.25, 0.3) is 0 Å². The van der Waals surface area contributed by atoms with Gasteiger partial charge >= 0.3 is 20.1 Å². The second-order valence-electron chi connectivity index (χ2n) is 18.0. The van der Waals surface area contributed by atoms with E-state index in [4.69, 9.17) is 9.40 Å². The number of pyridine rings is 3. The van der Waals surface area contributed by atoms with E-state index in [0.717, 1.165) is 120 Å². The molecule has 69 heavy (non-hydrogen) atoms. The summed E-state index contributed by atoms with van der Waals surface area (Å²) in [5, 5.41) is 2.22. The molecule has 0 N–H and O–H groups in total. The van der Waals surface area contributed by atoms with Crippen molar-refractivity contribution in [3.63, 3.8) is 0 Å². The molecule has 0 spiro atoms. The number of benzene rings is 7. The Morgan fingerprint density at radius 1 is 0.377 bits per heavy atom. The third-order valence-electron chi connectivity index (χ3n) is 12.9. The van der Waals surface area contributed by atoms with Crippen molar-refractivity contribution in [1.82, 2.24) is 15.0 Å². The Kier molecular flexibility index (Phi) is 13.1. The summed E-state index contributed by atoms with van der Waals surface area (Å²) >= 11 is 0. The molecular weight excluding hydrogens is 1020 g/mol. The first kappa shape index (κ1) is 45.2. The minimum absolute atomic E-state index is 0. The molecule has 0 aliphatic carbocycles. The Balaban J connectivity index is 0.00000553. The van der Waals surface area contributed by atoms with Gasteiger partial charge < -0.3 is 19.4 Å². The minimum atomic E-state index is 0. The van der Waals surface area contributed by atoms with E-state index in [9.17, 15) is 0 Å². The van der Waals surface area contributed by atoms with Crippen LogP contribution in [0.4, 0.5) is 0 Å². The first-order chi connectivity index (χ1) is 33.4. The van der Waals surface area contributed by atoms with Crippen molar-refractivity contribution in [3.05, 3.63) is 246 Å². The molecule has 4 heterocycles. The standard InChI is InChI=1S/C64H48N3O.Ir/c1-42-12-31-60(65-39-42)49-23-19-45(20-24-49)15-17-47-34-48(18-16-46-21-25-50(26-22-46)61-32-13-43(2)40-66-61)36-53(35-47)54-8-4-5-9-55(54)56-29-28-52(62-33-14-44(3)41-67-62)37-59(56)51-27-30-58-57-10-6-7-11-63(57)68-64(58)38-51;/h4-14,19-23,25,27,29-41H,15-18H2,1-3H3;/q-3;+3. The summed E-state index contributed by atoms with van der Waals surface area (Å²) in [4.78, 5) is 14.1. The molecule has 11 aromatic rings. The Morgan fingerprint density at radius 3 is 1.46 bits per heavy atom. The van der Waals surface area contributed by atoms with Crippen LogP contribution in [0.25, 0.3) is 89.1 Å². The van der Waals surface area contributed by atoms with E-state index in [-0.39, 0.29) is 20.1 Å². The summed E-state index contributed by atoms with van der Waals surface area (Å²) in [5.41, 5.74) is 22.7. The maximum absolute atomic E-state index is 6.45. The molecule has 0 amide bonds. The number of para-hydroxylation sites is 1. The van der Waals surface area contributed by atoms with Crippen LogP contribution in [0.1, 0.15) is 38.9 Å². The molecule has 11 rings (SSSR count). The van der Waals surface area contributed by atoms with Crippen LogP contribution in [0.2, 0.25) is 0 Å². The van der Waals surface area contributed by atoms with Crippen LogP contribution in [-0.2, 0) is 45.8 Å². The van der Waals surface area contributed by atoms with Crippen LogP contribution in [0.3, 0.4) is 0 Å². The number of fused-ring (bicyclic) bond motifs is 3. The van der Waals surface area contributed by atoms with E-state index in [0.29, 0.717) is 0 Å². The van der Waals surface area contributed by atoms with Gasteiger partial charge in [0.1, 0.15) is 11.2 Å². The number of hydrogen-bond donors (Lipinski definition) is 0. The first-order valence-corrected chi connectivity index (χ1v) is 23.4. The van der Waals surface area contributed by atoms with Gasteiger partial charge in [-0.1, -0.05) is 133 Å². The molecule has 0 unspecified atom stereocenters. The van der Waals surface area contributed by atoms with E-state index >= 15 is 0 Å². The van der Waals surface area contributed by atoms with Gasteiger partial charge in [0.05, 0.1) is 0 Å². The van der Waals surface area contributed by atoms with Gasteiger partial charge in [-0.05, 0) is 113 Å². The monoisotopic (exact) mass is 1070 g/mol. The quantitative estimate of drug-likeness (QED) is 0.114. The number of hydrogen-bond acceptors (Lipinski definition) is 4. The number of aromatic nitrogens is 3. The number of aryl methyl sites for hydroxylation is 7. The molecule has 4 nitrogen and oxygen atoms in total. The van der Waals surface area contributed by atoms with Gasteiger partial charge in [0, 0.05) is 29.4 Å². The molecule has 0 saturated heterocycles. The summed E-state index contributed by atoms with van der Waals surface area (Å²) in [5.74, 6) is 0. The Labute approximate surface area is 418 Å². The smallest absolute Gasteiger partial charge is 0.456 e. The average molecular weight is 1070 g/mol. The Hall–Kier alpha value is -7.56. The third-order valence-corrected chi connectivity index (χ3v) is 12.9. The molecule has 5 heteroatoms. The normalized spacial score (nSPS) is 11.2. The fourth-order valence-electron chi connectivity index (χ4n) is 9.17. The van der Waals surface area contributed by atoms with Crippen molar-refractivity contribution in [2.24, 2.45) is 0 Å². The van der Waals surface area contributed by atoms with Gasteiger partial charge in [-0.15, -0.1) is 94.5 Å². The third kappa shape index (κ3) is 9.89. The van der Waals surface area contributed by atoms with Crippen molar-refractivity contribution in [2.45, 2.75) is 46.5 Å². The molecule has 0 radical (unpaired) electrons. The summed E-state index contributed by atoms with van der Waals surface area (Å²) in [6.07, 6.45) is 9.30. The number of nitrogens with zero attached hydrogens (tertiary/aromatic N) is 3. The van der Waals surface area contributed by atoms with Gasteiger partial charge in [0.2, 0.25) is 0 Å². The molecular formula is C64H48IrN3O. The summed E-state index contributed by atoms with van der Waals surface area (Å²) in [6.45, 7) is 6.19. The Morgan fingerprint density at radius 2 is 0.899 bits per heavy atom. The second-order valence-corrected chi connectivity index (χ2v) is 18.0. The molecule has 0 atom stereocenters. The minimum Gasteiger partial charge on any atom is -0.456 e. The average Bonchev–Trinajstić information content (AvgIpc) is 3.76. The summed E-state index contributed by atoms with van der Waals surface area (Å²) < 4.78 is 6.45. The van der Waals surface area contributed by atoms with Crippen molar-refractivity contribution >= 4 is 21.9 Å². The maximum atomic E-state index is 6.45. The van der Waals surface area contributed by atoms with Crippen molar-refractivity contribution in [2.75, 3.05) is 0 Å². The molecule has 4 aromatic heterocycles. The molecule has 0 aliphatic heterocycles. The van der Waals surface area contributed by atoms with E-state index in [1.807, 2.05) is 30.7 Å². The summed E-state index contributed by atoms with van der Waals surface area (Å²) in [7, 11) is 0. The van der Waals surface area contributed by atoms with Crippen LogP contribution < -0.4 is 0 Å². The van der Waals surface area contributed by atoms with Gasteiger partial charge in [-0.25, -0.2) is 0 Å². The van der Waals surface area contributed by atoms with Crippen LogP contribution in [0, 0.1) is 39.0 Å². The molecule has 334 valence electrons. The van der Waals surface area contributed by atoms with Gasteiger partial charge in [-0.2, -0.15) is 0 Å². The van der Waals surface area contributed by atoms with E-state index in [1.54, 1.807) is 0 Å². The fourth-order valence-corrected chi connectivity index (χ4v) is 9.17. The predicted octanol–water partition coefficient (Wildman–Crippen LogP) is 15.7. The first-order valence-electron chi connectivity index (χ1n) is 23.4. The van der Waals surface area contributed by atoms with Crippen LogP contribution in [-0.4, -0.2) is 15.0 Å². The maximum Gasteiger partial charge on any atom is 3.00 e. The molecule has 0 bridgehead atoms. The van der Waals surface area contributed by atoms with Crippen LogP contribution in [0.15, 0.2) is 193 Å².